The highest BCUT2D eigenvalue weighted by Gasteiger charge is 2.14. The average molecular weight is 348 g/mol. The van der Waals surface area contributed by atoms with E-state index in [4.69, 9.17) is 8.83 Å². The largest absolute Gasteiger partial charge is 0.436 e. The monoisotopic (exact) mass is 348 g/mol. The van der Waals surface area contributed by atoms with Crippen molar-refractivity contribution in [2.75, 3.05) is 0 Å². The lowest BCUT2D eigenvalue weighted by Crippen LogP contribution is -1.78. The number of oxazole rings is 2. The van der Waals surface area contributed by atoms with Gasteiger partial charge in [0.25, 0.3) is 0 Å². The second-order valence-corrected chi connectivity index (χ2v) is 5.84. The maximum atomic E-state index is 13.1. The van der Waals surface area contributed by atoms with Crippen LogP contribution in [-0.2, 0) is 0 Å². The molecule has 26 heavy (non-hydrogen) atoms. The molecule has 126 valence electrons. The summed E-state index contributed by atoms with van der Waals surface area (Å²) in [6, 6.07) is 15.3. The van der Waals surface area contributed by atoms with E-state index in [0.717, 1.165) is 0 Å². The zero-order valence-corrected chi connectivity index (χ0v) is 13.2. The molecule has 0 amide bonds. The van der Waals surface area contributed by atoms with Crippen molar-refractivity contribution in [3.8, 4) is 22.9 Å². The minimum atomic E-state index is -0.320. The minimum Gasteiger partial charge on any atom is -0.436 e. The molecule has 2 heterocycles. The first kappa shape index (κ1) is 14.8. The molecule has 0 unspecified atom stereocenters. The Hall–Kier alpha value is -3.54. The van der Waals surface area contributed by atoms with Crippen LogP contribution in [0.5, 0.6) is 0 Å². The van der Waals surface area contributed by atoms with Gasteiger partial charge in [-0.05, 0) is 48.5 Å². The van der Waals surface area contributed by atoms with Crippen LogP contribution in [0.25, 0.3) is 45.1 Å². The first-order valence-electron chi connectivity index (χ1n) is 7.89. The topological polar surface area (TPSA) is 52.1 Å². The average Bonchev–Trinajstić information content (AvgIpc) is 3.23. The summed E-state index contributed by atoms with van der Waals surface area (Å²) < 4.78 is 37.7. The zero-order chi connectivity index (χ0) is 17.7. The van der Waals surface area contributed by atoms with Gasteiger partial charge in [0, 0.05) is 23.3 Å². The number of hydrogen-bond donors (Lipinski definition) is 0. The van der Waals surface area contributed by atoms with Gasteiger partial charge in [0.2, 0.25) is 11.8 Å². The van der Waals surface area contributed by atoms with Crippen LogP contribution in [-0.4, -0.2) is 9.97 Å². The van der Waals surface area contributed by atoms with Crippen LogP contribution in [0.4, 0.5) is 8.78 Å². The van der Waals surface area contributed by atoms with E-state index in [0.29, 0.717) is 45.1 Å². The Labute approximate surface area is 145 Å². The number of rotatable bonds is 2. The molecule has 0 aliphatic carbocycles. The van der Waals surface area contributed by atoms with Crippen LogP contribution in [0.3, 0.4) is 0 Å². The summed E-state index contributed by atoms with van der Waals surface area (Å²) in [5, 5.41) is 0. The van der Waals surface area contributed by atoms with E-state index in [1.165, 1.54) is 24.3 Å². The van der Waals surface area contributed by atoms with Gasteiger partial charge in [-0.15, -0.1) is 0 Å². The van der Waals surface area contributed by atoms with Gasteiger partial charge in [0.1, 0.15) is 22.7 Å². The highest BCUT2D eigenvalue weighted by Crippen LogP contribution is 2.30. The van der Waals surface area contributed by atoms with Crippen molar-refractivity contribution in [2.24, 2.45) is 0 Å². The molecule has 0 radical (unpaired) electrons. The fourth-order valence-electron chi connectivity index (χ4n) is 2.78. The minimum absolute atomic E-state index is 0.320. The van der Waals surface area contributed by atoms with Crippen molar-refractivity contribution in [1.29, 1.82) is 0 Å². The second-order valence-electron chi connectivity index (χ2n) is 5.84. The molecular weight excluding hydrogens is 338 g/mol. The van der Waals surface area contributed by atoms with Crippen molar-refractivity contribution >= 4 is 22.2 Å². The highest BCUT2D eigenvalue weighted by molar-refractivity contribution is 5.91. The summed E-state index contributed by atoms with van der Waals surface area (Å²) in [4.78, 5) is 8.86. The van der Waals surface area contributed by atoms with Crippen molar-refractivity contribution in [3.05, 3.63) is 72.3 Å². The van der Waals surface area contributed by atoms with Gasteiger partial charge in [-0.3, -0.25) is 0 Å². The van der Waals surface area contributed by atoms with E-state index in [2.05, 4.69) is 9.97 Å². The molecule has 3 aromatic carbocycles. The molecule has 6 heteroatoms. The third-order valence-corrected chi connectivity index (χ3v) is 4.08. The van der Waals surface area contributed by atoms with Gasteiger partial charge in [-0.2, -0.15) is 0 Å². The molecule has 0 fully saturated rings. The predicted octanol–water partition coefficient (Wildman–Crippen LogP) is 5.58. The van der Waals surface area contributed by atoms with E-state index in [-0.39, 0.29) is 11.6 Å². The van der Waals surface area contributed by atoms with Gasteiger partial charge in [0.05, 0.1) is 0 Å². The Kier molecular flexibility index (Phi) is 3.12. The van der Waals surface area contributed by atoms with Gasteiger partial charge >= 0.3 is 0 Å². The number of aromatic nitrogens is 2. The molecule has 4 nitrogen and oxygen atoms in total. The van der Waals surface area contributed by atoms with Crippen LogP contribution >= 0.6 is 0 Å². The van der Waals surface area contributed by atoms with Gasteiger partial charge in [-0.25, -0.2) is 18.7 Å². The standard InChI is InChI=1S/C20H10F2N2O2/c21-13-5-1-11(2-6-13)19-23-15-9-18-16(10-17(15)25-19)24-20(26-18)12-3-7-14(22)8-4-12/h1-10H. The molecule has 0 aliphatic rings. The van der Waals surface area contributed by atoms with Crippen molar-refractivity contribution in [2.45, 2.75) is 0 Å². The first-order valence-corrected chi connectivity index (χ1v) is 7.89. The molecule has 0 N–H and O–H groups in total. The van der Waals surface area contributed by atoms with Crippen LogP contribution in [0, 0.1) is 11.6 Å². The molecular formula is C20H10F2N2O2. The maximum Gasteiger partial charge on any atom is 0.227 e. The Balaban J connectivity index is 1.60. The summed E-state index contributed by atoms with van der Waals surface area (Å²) in [7, 11) is 0. The molecule has 0 aliphatic heterocycles. The SMILES string of the molecule is Fc1ccc(-c2nc3cc4oc(-c5ccc(F)cc5)nc4cc3o2)cc1. The number of halogens is 2. The van der Waals surface area contributed by atoms with E-state index in [1.807, 2.05) is 0 Å². The Bertz CT molecular complexity index is 1090. The second kappa shape index (κ2) is 5.49. The summed E-state index contributed by atoms with van der Waals surface area (Å²) in [6.07, 6.45) is 0. The maximum absolute atomic E-state index is 13.1. The zero-order valence-electron chi connectivity index (χ0n) is 13.2. The van der Waals surface area contributed by atoms with Crippen LogP contribution in [0.1, 0.15) is 0 Å². The fourth-order valence-corrected chi connectivity index (χ4v) is 2.78. The van der Waals surface area contributed by atoms with E-state index < -0.39 is 0 Å². The lowest BCUT2D eigenvalue weighted by atomic mass is 10.2. The fraction of sp³-hybridized carbons (Fsp3) is 0. The van der Waals surface area contributed by atoms with Crippen LogP contribution in [0.2, 0.25) is 0 Å². The number of fused-ring (bicyclic) bond motifs is 2. The summed E-state index contributed by atoms with van der Waals surface area (Å²) >= 11 is 0. The normalized spacial score (nSPS) is 11.5. The number of hydrogen-bond acceptors (Lipinski definition) is 4. The quantitative estimate of drug-likeness (QED) is 0.418. The Morgan fingerprint density at radius 1 is 0.577 bits per heavy atom. The van der Waals surface area contributed by atoms with Crippen molar-refractivity contribution < 1.29 is 17.6 Å². The Morgan fingerprint density at radius 3 is 1.35 bits per heavy atom. The number of benzene rings is 3. The molecule has 2 aromatic heterocycles. The molecule has 0 spiro atoms. The lowest BCUT2D eigenvalue weighted by Gasteiger charge is -1.93. The molecule has 5 aromatic rings. The molecule has 0 saturated heterocycles. The van der Waals surface area contributed by atoms with E-state index >= 15 is 0 Å². The summed E-state index contributed by atoms with van der Waals surface area (Å²) in [5.41, 5.74) is 3.68. The summed E-state index contributed by atoms with van der Waals surface area (Å²) in [6.45, 7) is 0. The highest BCUT2D eigenvalue weighted by atomic mass is 19.1. The van der Waals surface area contributed by atoms with Gasteiger partial charge in [-0.1, -0.05) is 0 Å². The Morgan fingerprint density at radius 2 is 0.962 bits per heavy atom. The predicted molar refractivity (Wildman–Crippen MR) is 92.4 cm³/mol. The van der Waals surface area contributed by atoms with Gasteiger partial charge in [0.15, 0.2) is 11.2 Å². The lowest BCUT2D eigenvalue weighted by molar-refractivity contribution is 0.614. The van der Waals surface area contributed by atoms with E-state index in [1.54, 1.807) is 36.4 Å². The van der Waals surface area contributed by atoms with Gasteiger partial charge < -0.3 is 8.83 Å². The third-order valence-electron chi connectivity index (χ3n) is 4.08. The van der Waals surface area contributed by atoms with Crippen molar-refractivity contribution in [3.63, 3.8) is 0 Å². The first-order chi connectivity index (χ1) is 12.7. The third kappa shape index (κ3) is 2.43. The molecule has 5 rings (SSSR count). The van der Waals surface area contributed by atoms with Crippen LogP contribution < -0.4 is 0 Å². The summed E-state index contributed by atoms with van der Waals surface area (Å²) in [5.74, 6) is 0.151. The van der Waals surface area contributed by atoms with Crippen molar-refractivity contribution in [1.82, 2.24) is 9.97 Å². The van der Waals surface area contributed by atoms with E-state index in [9.17, 15) is 8.78 Å². The molecule has 0 atom stereocenters. The molecule has 0 bridgehead atoms. The molecule has 0 saturated carbocycles. The van der Waals surface area contributed by atoms with Crippen LogP contribution in [0.15, 0.2) is 69.5 Å². The smallest absolute Gasteiger partial charge is 0.227 e. The number of nitrogens with zero attached hydrogens (tertiary/aromatic N) is 2.